The molecule has 0 aliphatic carbocycles. The molecule has 2 N–H and O–H groups in total. The van der Waals surface area contributed by atoms with E-state index in [0.717, 1.165) is 26.1 Å². The Morgan fingerprint density at radius 3 is 3.15 bits per heavy atom. The smallest absolute Gasteiger partial charge is 0.260 e. The van der Waals surface area contributed by atoms with Gasteiger partial charge in [0.2, 0.25) is 0 Å². The zero-order valence-corrected chi connectivity index (χ0v) is 11.5. The number of carbonyl (C=O) groups excluding carboxylic acids is 1. The number of amides is 1. The maximum Gasteiger partial charge on any atom is 0.260 e. The van der Waals surface area contributed by atoms with Crippen molar-refractivity contribution in [2.24, 2.45) is 0 Å². The Balaban J connectivity index is 1.64. The molecule has 0 unspecified atom stereocenters. The molecule has 0 bridgehead atoms. The highest BCUT2D eigenvalue weighted by Gasteiger charge is 2.36. The Kier molecular flexibility index (Phi) is 3.58. The van der Waals surface area contributed by atoms with Gasteiger partial charge in [0.25, 0.3) is 11.5 Å². The average molecular weight is 277 g/mol. The van der Waals surface area contributed by atoms with E-state index >= 15 is 0 Å². The molecule has 3 heterocycles. The predicted octanol–water partition coefficient (Wildman–Crippen LogP) is -0.0337. The molecule has 3 rings (SSSR count). The molecule has 2 aliphatic heterocycles. The second-order valence-electron chi connectivity index (χ2n) is 5.57. The topological polar surface area (TPSA) is 74.4 Å². The molecule has 0 spiro atoms. The first-order valence-corrected chi connectivity index (χ1v) is 6.97. The van der Waals surface area contributed by atoms with E-state index in [-0.39, 0.29) is 29.2 Å². The zero-order valence-electron chi connectivity index (χ0n) is 11.5. The van der Waals surface area contributed by atoms with Crippen LogP contribution in [0.3, 0.4) is 0 Å². The highest BCUT2D eigenvalue weighted by atomic mass is 16.5. The molecule has 20 heavy (non-hydrogen) atoms. The lowest BCUT2D eigenvalue weighted by Crippen LogP contribution is -2.45. The Labute approximate surface area is 117 Å². The third-order valence-electron chi connectivity index (χ3n) is 3.99. The van der Waals surface area contributed by atoms with Gasteiger partial charge in [-0.2, -0.15) is 0 Å². The summed E-state index contributed by atoms with van der Waals surface area (Å²) in [6.45, 7) is 4.52. The number of pyridine rings is 1. The van der Waals surface area contributed by atoms with Gasteiger partial charge in [0.1, 0.15) is 5.56 Å². The first-order valence-electron chi connectivity index (χ1n) is 6.97. The molecular weight excluding hydrogens is 258 g/mol. The fourth-order valence-electron chi connectivity index (χ4n) is 3.01. The van der Waals surface area contributed by atoms with Crippen molar-refractivity contribution >= 4 is 5.91 Å². The maximum absolute atomic E-state index is 12.1. The molecule has 6 heteroatoms. The van der Waals surface area contributed by atoms with E-state index in [9.17, 15) is 9.59 Å². The summed E-state index contributed by atoms with van der Waals surface area (Å²) in [7, 11) is 0. The Hall–Kier alpha value is -1.66. The number of aromatic nitrogens is 1. The van der Waals surface area contributed by atoms with Crippen molar-refractivity contribution in [2.75, 3.05) is 19.7 Å². The van der Waals surface area contributed by atoms with Crippen LogP contribution in [0.1, 0.15) is 23.7 Å². The lowest BCUT2D eigenvalue weighted by atomic mass is 10.1. The van der Waals surface area contributed by atoms with Crippen LogP contribution >= 0.6 is 0 Å². The van der Waals surface area contributed by atoms with Crippen LogP contribution in [-0.2, 0) is 4.74 Å². The monoisotopic (exact) mass is 277 g/mol. The first kappa shape index (κ1) is 13.3. The van der Waals surface area contributed by atoms with Crippen LogP contribution in [0.15, 0.2) is 23.1 Å². The third kappa shape index (κ3) is 2.62. The predicted molar refractivity (Wildman–Crippen MR) is 73.7 cm³/mol. The second kappa shape index (κ2) is 5.38. The van der Waals surface area contributed by atoms with E-state index < -0.39 is 0 Å². The van der Waals surface area contributed by atoms with E-state index in [1.807, 2.05) is 0 Å². The quantitative estimate of drug-likeness (QED) is 0.796. The van der Waals surface area contributed by atoms with Crippen molar-refractivity contribution in [3.63, 3.8) is 0 Å². The van der Waals surface area contributed by atoms with Crippen LogP contribution in [-0.4, -0.2) is 53.7 Å². The number of rotatable bonds is 2. The summed E-state index contributed by atoms with van der Waals surface area (Å²) < 4.78 is 5.64. The van der Waals surface area contributed by atoms with Gasteiger partial charge in [0.05, 0.1) is 12.7 Å². The molecule has 2 saturated heterocycles. The van der Waals surface area contributed by atoms with E-state index in [4.69, 9.17) is 4.74 Å². The van der Waals surface area contributed by atoms with Crippen LogP contribution in [0.5, 0.6) is 0 Å². The summed E-state index contributed by atoms with van der Waals surface area (Å²) in [5.41, 5.74) is -0.181. The Bertz CT molecular complexity index is 557. The fraction of sp³-hybridized carbons (Fsp3) is 0.571. The molecular formula is C14H19N3O3. The van der Waals surface area contributed by atoms with Gasteiger partial charge in [-0.1, -0.05) is 0 Å². The molecule has 2 fully saturated rings. The average Bonchev–Trinajstić information content (AvgIpc) is 2.80. The number of H-pyrrole nitrogens is 1. The highest BCUT2D eigenvalue weighted by molar-refractivity contribution is 5.93. The number of nitrogens with zero attached hydrogens (tertiary/aromatic N) is 1. The van der Waals surface area contributed by atoms with Gasteiger partial charge in [-0.25, -0.2) is 0 Å². The van der Waals surface area contributed by atoms with Gasteiger partial charge >= 0.3 is 0 Å². The molecule has 1 aromatic rings. The number of nitrogens with one attached hydrogen (secondary N) is 2. The first-order chi connectivity index (χ1) is 9.63. The number of ether oxygens (including phenoxy) is 1. The van der Waals surface area contributed by atoms with Gasteiger partial charge in [-0.15, -0.1) is 0 Å². The van der Waals surface area contributed by atoms with E-state index in [2.05, 4.69) is 22.1 Å². The highest BCUT2D eigenvalue weighted by Crippen LogP contribution is 2.23. The summed E-state index contributed by atoms with van der Waals surface area (Å²) in [6.07, 6.45) is 2.65. The number of aromatic amines is 1. The summed E-state index contributed by atoms with van der Waals surface area (Å²) in [6, 6.07) is 3.66. The minimum atomic E-state index is -0.349. The van der Waals surface area contributed by atoms with Crippen LogP contribution in [0.25, 0.3) is 0 Å². The molecule has 0 saturated carbocycles. The van der Waals surface area contributed by atoms with Crippen LogP contribution < -0.4 is 10.9 Å². The van der Waals surface area contributed by atoms with E-state index in [0.29, 0.717) is 6.04 Å². The molecule has 108 valence electrons. The van der Waals surface area contributed by atoms with Crippen molar-refractivity contribution < 1.29 is 9.53 Å². The molecule has 6 nitrogen and oxygen atoms in total. The van der Waals surface area contributed by atoms with Crippen molar-refractivity contribution in [1.29, 1.82) is 0 Å². The molecule has 1 amide bonds. The van der Waals surface area contributed by atoms with Crippen molar-refractivity contribution in [3.8, 4) is 0 Å². The van der Waals surface area contributed by atoms with Gasteiger partial charge in [-0.05, 0) is 25.5 Å². The second-order valence-corrected chi connectivity index (χ2v) is 5.57. The number of fused-ring (bicyclic) bond motifs is 1. The zero-order chi connectivity index (χ0) is 14.1. The number of hydrogen-bond acceptors (Lipinski definition) is 4. The minimum absolute atomic E-state index is 0.0843. The van der Waals surface area contributed by atoms with Crippen LogP contribution in [0, 0.1) is 0 Å². The molecule has 2 aliphatic rings. The van der Waals surface area contributed by atoms with Crippen LogP contribution in [0.2, 0.25) is 0 Å². The Morgan fingerprint density at radius 1 is 1.50 bits per heavy atom. The SMILES string of the molecule is C[C@@H]1CN2C[C@@H](NC(=O)c3ccc[nH]c3=O)C[C@H]2CO1. The number of carbonyl (C=O) groups is 1. The third-order valence-corrected chi connectivity index (χ3v) is 3.99. The van der Waals surface area contributed by atoms with Crippen molar-refractivity contribution in [2.45, 2.75) is 31.5 Å². The molecule has 3 atom stereocenters. The normalized spacial score (nSPS) is 29.9. The summed E-state index contributed by atoms with van der Waals surface area (Å²) in [5, 5.41) is 2.95. The standard InChI is InChI=1S/C14H19N3O3/c1-9-6-17-7-10(5-11(17)8-20-9)16-14(19)12-3-2-4-15-13(12)18/h2-4,9-11H,5-8H2,1H3,(H,15,18)(H,16,19)/t9-,10+,11+/m1/s1. The van der Waals surface area contributed by atoms with Gasteiger partial charge in [-0.3, -0.25) is 14.5 Å². The molecule has 1 aromatic heterocycles. The lowest BCUT2D eigenvalue weighted by molar-refractivity contribution is -0.0390. The van der Waals surface area contributed by atoms with Crippen molar-refractivity contribution in [3.05, 3.63) is 34.2 Å². The van der Waals surface area contributed by atoms with E-state index in [1.165, 1.54) is 6.20 Å². The molecule has 0 aromatic carbocycles. The number of hydrogen-bond donors (Lipinski definition) is 2. The summed E-state index contributed by atoms with van der Waals surface area (Å²) in [5.74, 6) is -0.300. The van der Waals surface area contributed by atoms with E-state index in [1.54, 1.807) is 12.1 Å². The summed E-state index contributed by atoms with van der Waals surface area (Å²) >= 11 is 0. The summed E-state index contributed by atoms with van der Waals surface area (Å²) in [4.78, 5) is 28.6. The Morgan fingerprint density at radius 2 is 2.35 bits per heavy atom. The van der Waals surface area contributed by atoms with Crippen molar-refractivity contribution in [1.82, 2.24) is 15.2 Å². The lowest BCUT2D eigenvalue weighted by Gasteiger charge is -2.33. The minimum Gasteiger partial charge on any atom is -0.376 e. The maximum atomic E-state index is 12.1. The number of morpholine rings is 1. The van der Waals surface area contributed by atoms with Gasteiger partial charge in [0, 0.05) is 31.4 Å². The molecule has 0 radical (unpaired) electrons. The van der Waals surface area contributed by atoms with Gasteiger partial charge in [0.15, 0.2) is 0 Å². The van der Waals surface area contributed by atoms with Gasteiger partial charge < -0.3 is 15.0 Å². The van der Waals surface area contributed by atoms with Crippen LogP contribution in [0.4, 0.5) is 0 Å². The fourth-order valence-corrected chi connectivity index (χ4v) is 3.01. The largest absolute Gasteiger partial charge is 0.376 e.